The van der Waals surface area contributed by atoms with E-state index < -0.39 is 0 Å². The molecule has 1 aromatic heterocycles. The lowest BCUT2D eigenvalue weighted by molar-refractivity contribution is 0.0997. The monoisotopic (exact) mass is 359 g/mol. The molecule has 0 aliphatic carbocycles. The zero-order valence-corrected chi connectivity index (χ0v) is 14.7. The highest BCUT2D eigenvalue weighted by Crippen LogP contribution is 2.34. The van der Waals surface area contributed by atoms with Crippen LogP contribution in [0.3, 0.4) is 0 Å². The third-order valence-corrected chi connectivity index (χ3v) is 4.63. The fraction of sp³-hybridized carbons (Fsp3) is 0.105. The Morgan fingerprint density at radius 1 is 1.00 bits per heavy atom. The second kappa shape index (κ2) is 6.71. The van der Waals surface area contributed by atoms with E-state index >= 15 is 0 Å². The largest absolute Gasteiger partial charge is 0.451 e. The lowest BCUT2D eigenvalue weighted by Gasteiger charge is -2.06. The van der Waals surface area contributed by atoms with Crippen molar-refractivity contribution in [2.24, 2.45) is 0 Å². The SMILES string of the molecule is Cc1ccc(NC(=O)c2ccc(-c3cccc(Cl)c3Cl)o2)cc1C. The van der Waals surface area contributed by atoms with E-state index in [4.69, 9.17) is 27.6 Å². The van der Waals surface area contributed by atoms with E-state index in [0.717, 1.165) is 11.3 Å². The Balaban J connectivity index is 1.83. The van der Waals surface area contributed by atoms with Gasteiger partial charge in [-0.15, -0.1) is 0 Å². The normalized spacial score (nSPS) is 10.7. The first-order chi connectivity index (χ1) is 11.5. The van der Waals surface area contributed by atoms with Crippen molar-refractivity contribution in [3.05, 3.63) is 75.5 Å². The summed E-state index contributed by atoms with van der Waals surface area (Å²) in [5, 5.41) is 3.66. The number of hydrogen-bond acceptors (Lipinski definition) is 2. The highest BCUT2D eigenvalue weighted by atomic mass is 35.5. The van der Waals surface area contributed by atoms with Crippen molar-refractivity contribution in [2.45, 2.75) is 13.8 Å². The van der Waals surface area contributed by atoms with Crippen LogP contribution >= 0.6 is 23.2 Å². The molecule has 0 unspecified atom stereocenters. The van der Waals surface area contributed by atoms with Crippen LogP contribution in [0.2, 0.25) is 10.0 Å². The molecule has 122 valence electrons. The summed E-state index contributed by atoms with van der Waals surface area (Å²) in [5.41, 5.74) is 3.65. The molecule has 3 aromatic rings. The molecule has 0 spiro atoms. The molecule has 1 amide bonds. The number of anilines is 1. The molecule has 0 fully saturated rings. The van der Waals surface area contributed by atoms with Crippen LogP contribution in [0, 0.1) is 13.8 Å². The van der Waals surface area contributed by atoms with Gasteiger partial charge in [-0.25, -0.2) is 0 Å². The molecule has 2 aromatic carbocycles. The Kier molecular flexibility index (Phi) is 4.65. The quantitative estimate of drug-likeness (QED) is 0.611. The molecule has 0 saturated carbocycles. The highest BCUT2D eigenvalue weighted by molar-refractivity contribution is 6.43. The van der Waals surface area contributed by atoms with Crippen molar-refractivity contribution in [2.75, 3.05) is 5.32 Å². The smallest absolute Gasteiger partial charge is 0.291 e. The summed E-state index contributed by atoms with van der Waals surface area (Å²) in [4.78, 5) is 12.3. The summed E-state index contributed by atoms with van der Waals surface area (Å²) >= 11 is 12.2. The number of aryl methyl sites for hydroxylation is 2. The van der Waals surface area contributed by atoms with Crippen LogP contribution in [0.5, 0.6) is 0 Å². The Hall–Kier alpha value is -2.23. The van der Waals surface area contributed by atoms with E-state index in [2.05, 4.69) is 5.32 Å². The van der Waals surface area contributed by atoms with E-state index in [-0.39, 0.29) is 11.7 Å². The van der Waals surface area contributed by atoms with Crippen molar-refractivity contribution in [3.63, 3.8) is 0 Å². The van der Waals surface area contributed by atoms with Gasteiger partial charge in [-0.2, -0.15) is 0 Å². The van der Waals surface area contributed by atoms with E-state index in [0.29, 0.717) is 21.4 Å². The minimum atomic E-state index is -0.317. The second-order valence-corrected chi connectivity index (χ2v) is 6.30. The third-order valence-electron chi connectivity index (χ3n) is 3.81. The number of benzene rings is 2. The standard InChI is InChI=1S/C19H15Cl2NO2/c1-11-6-7-13(10-12(11)2)22-19(23)17-9-8-16(24-17)14-4-3-5-15(20)18(14)21/h3-10H,1-2H3,(H,22,23). The van der Waals surface area contributed by atoms with Gasteiger partial charge in [0.15, 0.2) is 5.76 Å². The molecule has 5 heteroatoms. The fourth-order valence-corrected chi connectivity index (χ4v) is 2.70. The van der Waals surface area contributed by atoms with Gasteiger partial charge < -0.3 is 9.73 Å². The fourth-order valence-electron chi connectivity index (χ4n) is 2.31. The van der Waals surface area contributed by atoms with Crippen molar-refractivity contribution in [3.8, 4) is 11.3 Å². The summed E-state index contributed by atoms with van der Waals surface area (Å²) in [5.74, 6) is 0.384. The van der Waals surface area contributed by atoms with Gasteiger partial charge in [-0.1, -0.05) is 35.3 Å². The van der Waals surface area contributed by atoms with Crippen molar-refractivity contribution < 1.29 is 9.21 Å². The molecule has 3 rings (SSSR count). The average molecular weight is 360 g/mol. The lowest BCUT2D eigenvalue weighted by atomic mass is 10.1. The summed E-state index contributed by atoms with van der Waals surface area (Å²) in [6.45, 7) is 4.02. The first-order valence-electron chi connectivity index (χ1n) is 7.38. The van der Waals surface area contributed by atoms with Crippen LogP contribution in [-0.4, -0.2) is 5.91 Å². The van der Waals surface area contributed by atoms with Gasteiger partial charge in [0.25, 0.3) is 5.91 Å². The molecule has 3 nitrogen and oxygen atoms in total. The molecule has 0 radical (unpaired) electrons. The zero-order valence-electron chi connectivity index (χ0n) is 13.2. The number of rotatable bonds is 3. The second-order valence-electron chi connectivity index (χ2n) is 5.52. The van der Waals surface area contributed by atoms with Crippen LogP contribution in [0.25, 0.3) is 11.3 Å². The molecule has 0 saturated heterocycles. The van der Waals surface area contributed by atoms with E-state index in [9.17, 15) is 4.79 Å². The first-order valence-corrected chi connectivity index (χ1v) is 8.14. The van der Waals surface area contributed by atoms with E-state index in [1.807, 2.05) is 32.0 Å². The molecular weight excluding hydrogens is 345 g/mol. The summed E-state index contributed by atoms with van der Waals surface area (Å²) in [6.07, 6.45) is 0. The van der Waals surface area contributed by atoms with Crippen molar-refractivity contribution in [1.29, 1.82) is 0 Å². The predicted octanol–water partition coefficient (Wildman–Crippen LogP) is 6.12. The molecule has 1 N–H and O–H groups in total. The van der Waals surface area contributed by atoms with E-state index in [1.165, 1.54) is 5.56 Å². The van der Waals surface area contributed by atoms with Crippen molar-refractivity contribution >= 4 is 34.8 Å². The lowest BCUT2D eigenvalue weighted by Crippen LogP contribution is -2.10. The number of hydrogen-bond donors (Lipinski definition) is 1. The Morgan fingerprint density at radius 2 is 1.79 bits per heavy atom. The maximum absolute atomic E-state index is 12.3. The number of furan rings is 1. The number of carbonyl (C=O) groups is 1. The minimum Gasteiger partial charge on any atom is -0.451 e. The number of halogens is 2. The van der Waals surface area contributed by atoms with Crippen LogP contribution in [0.4, 0.5) is 5.69 Å². The van der Waals surface area contributed by atoms with Gasteiger partial charge in [0.2, 0.25) is 0 Å². The first kappa shape index (κ1) is 16.6. The number of carbonyl (C=O) groups excluding carboxylic acids is 1. The summed E-state index contributed by atoms with van der Waals surface area (Å²) in [6, 6.07) is 14.3. The average Bonchev–Trinajstić information content (AvgIpc) is 3.03. The van der Waals surface area contributed by atoms with Gasteiger partial charge in [-0.05, 0) is 61.4 Å². The zero-order chi connectivity index (χ0) is 17.3. The van der Waals surface area contributed by atoms with Gasteiger partial charge in [0.05, 0.1) is 10.0 Å². The van der Waals surface area contributed by atoms with Crippen LogP contribution in [-0.2, 0) is 0 Å². The van der Waals surface area contributed by atoms with Gasteiger partial charge in [0.1, 0.15) is 5.76 Å². The molecule has 0 atom stereocenters. The molecule has 0 bridgehead atoms. The Bertz CT molecular complexity index is 915. The van der Waals surface area contributed by atoms with Gasteiger partial charge >= 0.3 is 0 Å². The molecule has 1 heterocycles. The molecular formula is C19H15Cl2NO2. The van der Waals surface area contributed by atoms with Gasteiger partial charge in [0, 0.05) is 11.3 Å². The predicted molar refractivity (Wildman–Crippen MR) is 98.0 cm³/mol. The highest BCUT2D eigenvalue weighted by Gasteiger charge is 2.15. The third kappa shape index (κ3) is 3.32. The van der Waals surface area contributed by atoms with Crippen LogP contribution in [0.1, 0.15) is 21.7 Å². The number of amides is 1. The van der Waals surface area contributed by atoms with Crippen LogP contribution < -0.4 is 5.32 Å². The molecule has 24 heavy (non-hydrogen) atoms. The van der Waals surface area contributed by atoms with Crippen LogP contribution in [0.15, 0.2) is 52.9 Å². The summed E-state index contributed by atoms with van der Waals surface area (Å²) in [7, 11) is 0. The summed E-state index contributed by atoms with van der Waals surface area (Å²) < 4.78 is 5.64. The number of nitrogens with one attached hydrogen (secondary N) is 1. The maximum atomic E-state index is 12.3. The maximum Gasteiger partial charge on any atom is 0.291 e. The Labute approximate surface area is 150 Å². The topological polar surface area (TPSA) is 42.2 Å². The minimum absolute atomic E-state index is 0.208. The van der Waals surface area contributed by atoms with Crippen molar-refractivity contribution in [1.82, 2.24) is 0 Å². The molecule has 0 aliphatic heterocycles. The van der Waals surface area contributed by atoms with E-state index in [1.54, 1.807) is 30.3 Å². The Morgan fingerprint density at radius 3 is 2.54 bits per heavy atom. The van der Waals surface area contributed by atoms with Gasteiger partial charge in [-0.3, -0.25) is 4.79 Å². The molecule has 0 aliphatic rings.